The van der Waals surface area contributed by atoms with Crippen LogP contribution in [-0.2, 0) is 22.5 Å². The van der Waals surface area contributed by atoms with Gasteiger partial charge in [0.1, 0.15) is 0 Å². The number of ether oxygens (including phenoxy) is 1. The van der Waals surface area contributed by atoms with Gasteiger partial charge in [-0.05, 0) is 68.1 Å². The van der Waals surface area contributed by atoms with Crippen molar-refractivity contribution in [2.45, 2.75) is 50.9 Å². The summed E-state index contributed by atoms with van der Waals surface area (Å²) >= 11 is 1.27. The third-order valence-electron chi connectivity index (χ3n) is 6.49. The number of hydrogen-bond acceptors (Lipinski definition) is 6. The molecule has 1 aliphatic rings. The lowest BCUT2D eigenvalue weighted by atomic mass is 10.0. The zero-order chi connectivity index (χ0) is 23.9. The van der Waals surface area contributed by atoms with Crippen LogP contribution in [0.15, 0.2) is 47.3 Å². The van der Waals surface area contributed by atoms with Crippen molar-refractivity contribution in [2.75, 3.05) is 27.3 Å². The maximum absolute atomic E-state index is 12.5. The smallest absolute Gasteiger partial charge is 0.308 e. The van der Waals surface area contributed by atoms with E-state index in [-0.39, 0.29) is 23.0 Å². The highest BCUT2D eigenvalue weighted by atomic mass is 32.1. The minimum atomic E-state index is -0.0738. The zero-order valence-electron chi connectivity index (χ0n) is 19.9. The summed E-state index contributed by atoms with van der Waals surface area (Å²) < 4.78 is 7.94. The molecule has 8 heteroatoms. The van der Waals surface area contributed by atoms with E-state index in [1.807, 2.05) is 13.1 Å². The Morgan fingerprint density at radius 1 is 1.21 bits per heavy atom. The molecular weight excluding hydrogens is 448 g/mol. The Labute approximate surface area is 204 Å². The van der Waals surface area contributed by atoms with Crippen LogP contribution in [0.1, 0.15) is 31.2 Å². The molecule has 1 aromatic heterocycles. The van der Waals surface area contributed by atoms with Crippen molar-refractivity contribution in [1.29, 1.82) is 0 Å². The Bertz CT molecular complexity index is 1150. The van der Waals surface area contributed by atoms with E-state index in [2.05, 4.69) is 52.3 Å². The van der Waals surface area contributed by atoms with Gasteiger partial charge in [0.2, 0.25) is 5.91 Å². The van der Waals surface area contributed by atoms with Crippen LogP contribution >= 0.6 is 11.3 Å². The fourth-order valence-corrected chi connectivity index (χ4v) is 5.35. The van der Waals surface area contributed by atoms with Crippen LogP contribution in [0, 0.1) is 0 Å². The second-order valence-electron chi connectivity index (χ2n) is 8.78. The van der Waals surface area contributed by atoms with Crippen LogP contribution in [0.25, 0.3) is 21.3 Å². The fourth-order valence-electron chi connectivity index (χ4n) is 4.45. The molecule has 1 saturated heterocycles. The first kappa shape index (κ1) is 24.6. The number of hydrogen-bond donors (Lipinski definition) is 3. The minimum absolute atomic E-state index is 0.0463. The number of carbonyl (C=O) groups excluding carboxylic acids is 1. The maximum atomic E-state index is 12.5. The number of fused-ring (bicyclic) bond motifs is 1. The van der Waals surface area contributed by atoms with Gasteiger partial charge in [0.15, 0.2) is 0 Å². The van der Waals surface area contributed by atoms with Crippen molar-refractivity contribution in [1.82, 2.24) is 20.5 Å². The standard InChI is InChI=1S/C26H34N4O3S/c1-27-24(29-25(31)21-5-3-4-14-28-21)13-8-18-6-9-19(10-7-18)20-11-12-23-22(17-20)30(15-16-33-2)26(32)34-23/h6-7,9-12,17,21,24,27-28H,3-5,8,13-16H2,1-2H3,(H,29,31)/t21-,24-/m0/s1. The molecule has 0 saturated carbocycles. The van der Waals surface area contributed by atoms with E-state index >= 15 is 0 Å². The molecule has 2 aromatic carbocycles. The molecule has 0 unspecified atom stereocenters. The summed E-state index contributed by atoms with van der Waals surface area (Å²) in [6.07, 6.45) is 4.78. The molecule has 2 atom stereocenters. The second kappa shape index (κ2) is 11.8. The Kier molecular flexibility index (Phi) is 8.50. The van der Waals surface area contributed by atoms with Crippen molar-refractivity contribution >= 4 is 27.5 Å². The number of carbonyl (C=O) groups is 1. The molecule has 0 spiro atoms. The van der Waals surface area contributed by atoms with E-state index < -0.39 is 0 Å². The Balaban J connectivity index is 1.39. The number of methoxy groups -OCH3 is 1. The second-order valence-corrected chi connectivity index (χ2v) is 9.78. The van der Waals surface area contributed by atoms with Crippen LogP contribution in [0.3, 0.4) is 0 Å². The summed E-state index contributed by atoms with van der Waals surface area (Å²) in [5.41, 5.74) is 4.38. The number of piperidine rings is 1. The largest absolute Gasteiger partial charge is 0.383 e. The summed E-state index contributed by atoms with van der Waals surface area (Å²) in [6, 6.07) is 14.6. The van der Waals surface area contributed by atoms with Crippen molar-refractivity contribution in [3.8, 4) is 11.1 Å². The fraction of sp³-hybridized carbons (Fsp3) is 0.462. The first-order chi connectivity index (χ1) is 16.6. The molecule has 4 rings (SSSR count). The van der Waals surface area contributed by atoms with Gasteiger partial charge >= 0.3 is 4.87 Å². The van der Waals surface area contributed by atoms with Crippen LogP contribution in [0.2, 0.25) is 0 Å². The van der Waals surface area contributed by atoms with E-state index in [1.54, 1.807) is 11.7 Å². The van der Waals surface area contributed by atoms with E-state index in [0.717, 1.165) is 60.0 Å². The van der Waals surface area contributed by atoms with Crippen molar-refractivity contribution < 1.29 is 9.53 Å². The van der Waals surface area contributed by atoms with Crippen molar-refractivity contribution in [2.24, 2.45) is 0 Å². The molecule has 34 heavy (non-hydrogen) atoms. The quantitative estimate of drug-likeness (QED) is 0.387. The van der Waals surface area contributed by atoms with Crippen LogP contribution < -0.4 is 20.8 Å². The molecule has 0 radical (unpaired) electrons. The first-order valence-corrected chi connectivity index (χ1v) is 12.8. The molecular formula is C26H34N4O3S. The van der Waals surface area contributed by atoms with Gasteiger partial charge in [-0.1, -0.05) is 48.1 Å². The average molecular weight is 483 g/mol. The molecule has 1 fully saturated rings. The number of nitrogens with one attached hydrogen (secondary N) is 3. The number of thiazole rings is 1. The zero-order valence-corrected chi connectivity index (χ0v) is 20.7. The SMILES string of the molecule is CN[C@H](CCc1ccc(-c2ccc3sc(=O)n(CCOC)c3c2)cc1)NC(=O)[C@@H]1CCCCN1. The third kappa shape index (κ3) is 5.93. The monoisotopic (exact) mass is 482 g/mol. The van der Waals surface area contributed by atoms with Crippen molar-refractivity contribution in [3.05, 3.63) is 57.7 Å². The molecule has 0 aliphatic carbocycles. The maximum Gasteiger partial charge on any atom is 0.308 e. The number of nitrogens with zero attached hydrogens (tertiary/aromatic N) is 1. The molecule has 1 amide bonds. The lowest BCUT2D eigenvalue weighted by Crippen LogP contribution is -2.52. The summed E-state index contributed by atoms with van der Waals surface area (Å²) in [4.78, 5) is 24.9. The molecule has 3 N–H and O–H groups in total. The Morgan fingerprint density at radius 2 is 2.00 bits per heavy atom. The normalized spacial score (nSPS) is 17.1. The van der Waals surface area contributed by atoms with Gasteiger partial charge in [0, 0.05) is 7.11 Å². The highest BCUT2D eigenvalue weighted by molar-refractivity contribution is 7.16. The van der Waals surface area contributed by atoms with Gasteiger partial charge in [-0.25, -0.2) is 0 Å². The van der Waals surface area contributed by atoms with E-state index in [4.69, 9.17) is 4.74 Å². The molecule has 0 bridgehead atoms. The summed E-state index contributed by atoms with van der Waals surface area (Å²) in [6.45, 7) is 1.98. The first-order valence-electron chi connectivity index (χ1n) is 12.0. The highest BCUT2D eigenvalue weighted by Crippen LogP contribution is 2.26. The van der Waals surface area contributed by atoms with Gasteiger partial charge in [-0.15, -0.1) is 0 Å². The molecule has 3 aromatic rings. The molecule has 182 valence electrons. The number of aryl methyl sites for hydroxylation is 1. The molecule has 1 aliphatic heterocycles. The summed E-state index contributed by atoms with van der Waals surface area (Å²) in [5.74, 6) is 0.0854. The minimum Gasteiger partial charge on any atom is -0.383 e. The number of rotatable bonds is 10. The summed E-state index contributed by atoms with van der Waals surface area (Å²) in [5, 5.41) is 9.66. The van der Waals surface area contributed by atoms with Crippen molar-refractivity contribution in [3.63, 3.8) is 0 Å². The van der Waals surface area contributed by atoms with Gasteiger partial charge < -0.3 is 20.7 Å². The molecule has 7 nitrogen and oxygen atoms in total. The topological polar surface area (TPSA) is 84.4 Å². The van der Waals surface area contributed by atoms with Gasteiger partial charge in [-0.2, -0.15) is 0 Å². The number of benzene rings is 2. The summed E-state index contributed by atoms with van der Waals surface area (Å²) in [7, 11) is 3.53. The lowest BCUT2D eigenvalue weighted by Gasteiger charge is -2.26. The lowest BCUT2D eigenvalue weighted by molar-refractivity contribution is -0.124. The Morgan fingerprint density at radius 3 is 2.71 bits per heavy atom. The number of aromatic nitrogens is 1. The molecule has 2 heterocycles. The average Bonchev–Trinajstić information content (AvgIpc) is 3.19. The third-order valence-corrected chi connectivity index (χ3v) is 7.45. The van der Waals surface area contributed by atoms with Gasteiger partial charge in [0.05, 0.1) is 35.6 Å². The van der Waals surface area contributed by atoms with E-state index in [1.165, 1.54) is 16.9 Å². The van der Waals surface area contributed by atoms with E-state index in [9.17, 15) is 9.59 Å². The van der Waals surface area contributed by atoms with Crippen LogP contribution in [-0.4, -0.2) is 50.0 Å². The van der Waals surface area contributed by atoms with Crippen LogP contribution in [0.4, 0.5) is 0 Å². The van der Waals surface area contributed by atoms with Gasteiger partial charge in [0.25, 0.3) is 0 Å². The highest BCUT2D eigenvalue weighted by Gasteiger charge is 2.22. The van der Waals surface area contributed by atoms with Gasteiger partial charge in [-0.3, -0.25) is 14.2 Å². The predicted octanol–water partition coefficient (Wildman–Crippen LogP) is 3.11. The predicted molar refractivity (Wildman–Crippen MR) is 138 cm³/mol. The van der Waals surface area contributed by atoms with E-state index in [0.29, 0.717) is 13.2 Å². The van der Waals surface area contributed by atoms with Crippen LogP contribution in [0.5, 0.6) is 0 Å². The number of amides is 1. The Hall–Kier alpha value is -2.52.